The number of hydrogen-bond donors (Lipinski definition) is 1. The van der Waals surface area contributed by atoms with Crippen LogP contribution in [0.5, 0.6) is 0 Å². The van der Waals surface area contributed by atoms with E-state index in [4.69, 9.17) is 0 Å². The Bertz CT molecular complexity index is 361. The maximum Gasteiger partial charge on any atom is 0.125 e. The van der Waals surface area contributed by atoms with Gasteiger partial charge in [-0.15, -0.1) is 0 Å². The van der Waals surface area contributed by atoms with Crippen LogP contribution in [0.4, 0.5) is 5.82 Å². The summed E-state index contributed by atoms with van der Waals surface area (Å²) in [5.74, 6) is 0.975. The largest absolute Gasteiger partial charge is 0.370 e. The van der Waals surface area contributed by atoms with Crippen molar-refractivity contribution in [1.29, 1.82) is 0 Å². The lowest BCUT2D eigenvalue weighted by atomic mass is 10.1. The van der Waals surface area contributed by atoms with Crippen molar-refractivity contribution in [3.63, 3.8) is 0 Å². The van der Waals surface area contributed by atoms with E-state index in [0.717, 1.165) is 24.9 Å². The molecule has 2 rings (SSSR count). The molecule has 1 aromatic heterocycles. The average Bonchev–Trinajstić information content (AvgIpc) is 2.73. The van der Waals surface area contributed by atoms with Crippen molar-refractivity contribution >= 4 is 5.82 Å². The zero-order valence-electron chi connectivity index (χ0n) is 11.8. The fourth-order valence-corrected chi connectivity index (χ4v) is 2.86. The van der Waals surface area contributed by atoms with E-state index in [1.165, 1.54) is 24.8 Å². The summed E-state index contributed by atoms with van der Waals surface area (Å²) >= 11 is 0. The lowest BCUT2D eigenvalue weighted by Crippen LogP contribution is -2.33. The summed E-state index contributed by atoms with van der Waals surface area (Å²) in [6.45, 7) is 8.69. The van der Waals surface area contributed by atoms with E-state index in [0.29, 0.717) is 6.04 Å². The third-order valence-electron chi connectivity index (χ3n) is 3.97. The van der Waals surface area contributed by atoms with Crippen molar-refractivity contribution in [1.82, 2.24) is 9.88 Å². The molecule has 1 aromatic rings. The van der Waals surface area contributed by atoms with Crippen LogP contribution in [0.25, 0.3) is 0 Å². The molecule has 3 nitrogen and oxygen atoms in total. The molecule has 2 atom stereocenters. The summed E-state index contributed by atoms with van der Waals surface area (Å²) in [5.41, 5.74) is 1.32. The highest BCUT2D eigenvalue weighted by Gasteiger charge is 2.28. The van der Waals surface area contributed by atoms with Crippen molar-refractivity contribution in [3.8, 4) is 0 Å². The smallest absolute Gasteiger partial charge is 0.125 e. The van der Waals surface area contributed by atoms with Crippen LogP contribution in [0.1, 0.15) is 45.6 Å². The Morgan fingerprint density at radius 2 is 2.17 bits per heavy atom. The number of likely N-dealkylation sites (tertiary alicyclic amines) is 1. The van der Waals surface area contributed by atoms with Crippen molar-refractivity contribution in [2.75, 3.05) is 11.9 Å². The molecule has 0 aliphatic carbocycles. The number of aromatic nitrogens is 1. The predicted molar refractivity (Wildman–Crippen MR) is 76.7 cm³/mol. The van der Waals surface area contributed by atoms with Gasteiger partial charge in [-0.05, 0) is 44.7 Å². The second-order valence-electron chi connectivity index (χ2n) is 5.24. The number of pyridine rings is 1. The number of nitrogens with one attached hydrogen (secondary N) is 1. The molecule has 0 spiro atoms. The first-order valence-electron chi connectivity index (χ1n) is 7.19. The normalized spacial score (nSPS) is 24.4. The Balaban J connectivity index is 1.99. The van der Waals surface area contributed by atoms with Gasteiger partial charge in [0.1, 0.15) is 5.82 Å². The third-order valence-corrected chi connectivity index (χ3v) is 3.97. The van der Waals surface area contributed by atoms with E-state index in [1.807, 2.05) is 6.20 Å². The van der Waals surface area contributed by atoms with Crippen molar-refractivity contribution < 1.29 is 0 Å². The second kappa shape index (κ2) is 6.19. The molecule has 0 saturated carbocycles. The minimum atomic E-state index is 0.711. The minimum absolute atomic E-state index is 0.711. The van der Waals surface area contributed by atoms with Crippen LogP contribution in [-0.4, -0.2) is 28.5 Å². The van der Waals surface area contributed by atoms with Gasteiger partial charge in [-0.3, -0.25) is 4.90 Å². The highest BCUT2D eigenvalue weighted by Crippen LogP contribution is 2.27. The molecule has 2 unspecified atom stereocenters. The van der Waals surface area contributed by atoms with Gasteiger partial charge in [0.05, 0.1) is 0 Å². The monoisotopic (exact) mass is 247 g/mol. The first kappa shape index (κ1) is 13.3. The van der Waals surface area contributed by atoms with Crippen LogP contribution < -0.4 is 5.32 Å². The molecule has 2 heterocycles. The van der Waals surface area contributed by atoms with Gasteiger partial charge in [0.25, 0.3) is 0 Å². The zero-order chi connectivity index (χ0) is 13.0. The molecule has 1 fully saturated rings. The van der Waals surface area contributed by atoms with E-state index in [9.17, 15) is 0 Å². The lowest BCUT2D eigenvalue weighted by molar-refractivity contribution is 0.189. The number of rotatable bonds is 5. The molecule has 1 N–H and O–H groups in total. The van der Waals surface area contributed by atoms with E-state index in [1.54, 1.807) is 0 Å². The first-order valence-corrected chi connectivity index (χ1v) is 7.19. The second-order valence-corrected chi connectivity index (χ2v) is 5.24. The van der Waals surface area contributed by atoms with Gasteiger partial charge in [0.2, 0.25) is 0 Å². The summed E-state index contributed by atoms with van der Waals surface area (Å²) in [6, 6.07) is 5.75. The SMILES string of the molecule is CCNc1ccc(CN2C(C)CCC2CC)cn1. The van der Waals surface area contributed by atoms with Gasteiger partial charge in [-0.25, -0.2) is 4.98 Å². The third kappa shape index (κ3) is 3.02. The van der Waals surface area contributed by atoms with E-state index >= 15 is 0 Å². The Hall–Kier alpha value is -1.09. The first-order chi connectivity index (χ1) is 8.74. The molecule has 0 radical (unpaired) electrons. The van der Waals surface area contributed by atoms with E-state index in [-0.39, 0.29) is 0 Å². The van der Waals surface area contributed by atoms with Gasteiger partial charge in [0, 0.05) is 31.4 Å². The predicted octanol–water partition coefficient (Wildman–Crippen LogP) is 3.28. The average molecular weight is 247 g/mol. The topological polar surface area (TPSA) is 28.2 Å². The molecular weight excluding hydrogens is 222 g/mol. The number of anilines is 1. The quantitative estimate of drug-likeness (QED) is 0.865. The highest BCUT2D eigenvalue weighted by molar-refractivity contribution is 5.35. The van der Waals surface area contributed by atoms with Gasteiger partial charge < -0.3 is 5.32 Å². The van der Waals surface area contributed by atoms with Gasteiger partial charge in [-0.1, -0.05) is 13.0 Å². The van der Waals surface area contributed by atoms with Crippen molar-refractivity contribution in [2.45, 2.75) is 58.7 Å². The maximum absolute atomic E-state index is 4.45. The summed E-state index contributed by atoms with van der Waals surface area (Å²) in [5, 5.41) is 3.23. The molecule has 100 valence electrons. The van der Waals surface area contributed by atoms with E-state index in [2.05, 4.69) is 48.1 Å². The molecule has 0 amide bonds. The van der Waals surface area contributed by atoms with Crippen LogP contribution in [-0.2, 0) is 6.54 Å². The Labute approximate surface area is 111 Å². The zero-order valence-corrected chi connectivity index (χ0v) is 11.8. The van der Waals surface area contributed by atoms with Crippen LogP contribution in [0, 0.1) is 0 Å². The fourth-order valence-electron chi connectivity index (χ4n) is 2.86. The van der Waals surface area contributed by atoms with Gasteiger partial charge >= 0.3 is 0 Å². The molecule has 0 aromatic carbocycles. The highest BCUT2D eigenvalue weighted by atomic mass is 15.2. The van der Waals surface area contributed by atoms with Crippen LogP contribution in [0.15, 0.2) is 18.3 Å². The fraction of sp³-hybridized carbons (Fsp3) is 0.667. The molecule has 1 saturated heterocycles. The summed E-state index contributed by atoms with van der Waals surface area (Å²) in [6.07, 6.45) is 5.95. The molecule has 1 aliphatic rings. The van der Waals surface area contributed by atoms with Crippen LogP contribution >= 0.6 is 0 Å². The van der Waals surface area contributed by atoms with Gasteiger partial charge in [-0.2, -0.15) is 0 Å². The number of hydrogen-bond acceptors (Lipinski definition) is 3. The van der Waals surface area contributed by atoms with Gasteiger partial charge in [0.15, 0.2) is 0 Å². The summed E-state index contributed by atoms with van der Waals surface area (Å²) in [4.78, 5) is 7.08. The Kier molecular flexibility index (Phi) is 4.59. The molecule has 3 heteroatoms. The Morgan fingerprint density at radius 1 is 1.33 bits per heavy atom. The van der Waals surface area contributed by atoms with Crippen molar-refractivity contribution in [3.05, 3.63) is 23.9 Å². The molecule has 18 heavy (non-hydrogen) atoms. The Morgan fingerprint density at radius 3 is 2.78 bits per heavy atom. The van der Waals surface area contributed by atoms with Crippen LogP contribution in [0.3, 0.4) is 0 Å². The number of nitrogens with zero attached hydrogens (tertiary/aromatic N) is 2. The minimum Gasteiger partial charge on any atom is -0.370 e. The maximum atomic E-state index is 4.45. The summed E-state index contributed by atoms with van der Waals surface area (Å²) < 4.78 is 0. The summed E-state index contributed by atoms with van der Waals surface area (Å²) in [7, 11) is 0. The van der Waals surface area contributed by atoms with Crippen molar-refractivity contribution in [2.24, 2.45) is 0 Å². The molecular formula is C15H25N3. The standard InChI is InChI=1S/C15H25N3/c1-4-14-8-6-12(3)18(14)11-13-7-9-15(16-5-2)17-10-13/h7,9-10,12,14H,4-6,8,11H2,1-3H3,(H,16,17). The molecule has 0 bridgehead atoms. The van der Waals surface area contributed by atoms with E-state index < -0.39 is 0 Å². The molecule has 1 aliphatic heterocycles. The van der Waals surface area contributed by atoms with Crippen LogP contribution in [0.2, 0.25) is 0 Å². The lowest BCUT2D eigenvalue weighted by Gasteiger charge is -2.27.